The molecule has 1 fully saturated rings. The zero-order valence-corrected chi connectivity index (χ0v) is 13.0. The van der Waals surface area contributed by atoms with Crippen molar-refractivity contribution < 1.29 is 14.4 Å². The van der Waals surface area contributed by atoms with Crippen LogP contribution in [0.4, 0.5) is 5.69 Å². The van der Waals surface area contributed by atoms with E-state index in [1.54, 1.807) is 4.90 Å². The van der Waals surface area contributed by atoms with Crippen molar-refractivity contribution in [1.29, 1.82) is 0 Å². The van der Waals surface area contributed by atoms with Crippen LogP contribution in [0.2, 0.25) is 0 Å². The number of rotatable bonds is 3. The van der Waals surface area contributed by atoms with Crippen molar-refractivity contribution in [2.75, 3.05) is 25.0 Å². The summed E-state index contributed by atoms with van der Waals surface area (Å²) in [6, 6.07) is 7.77. The van der Waals surface area contributed by atoms with Crippen LogP contribution in [0.5, 0.6) is 0 Å². The molecule has 3 amide bonds. The number of carbonyl (C=O) groups excluding carboxylic acids is 3. The molecule has 6 nitrogen and oxygen atoms in total. The molecule has 0 aliphatic carbocycles. The number of carbonyl (C=O) groups is 3. The van der Waals surface area contributed by atoms with E-state index in [9.17, 15) is 14.4 Å². The van der Waals surface area contributed by atoms with E-state index in [-0.39, 0.29) is 23.6 Å². The largest absolute Gasteiger partial charge is 0.354 e. The van der Waals surface area contributed by atoms with E-state index in [4.69, 9.17) is 0 Å². The normalized spacial score (nSPS) is 21.0. The Balaban J connectivity index is 1.55. The second-order valence-electron chi connectivity index (χ2n) is 6.07. The zero-order valence-electron chi connectivity index (χ0n) is 13.0. The monoisotopic (exact) mass is 315 g/mol. The van der Waals surface area contributed by atoms with E-state index in [0.29, 0.717) is 45.3 Å². The molecule has 2 heterocycles. The summed E-state index contributed by atoms with van der Waals surface area (Å²) in [5.74, 6) is -0.165. The van der Waals surface area contributed by atoms with Crippen molar-refractivity contribution in [2.24, 2.45) is 5.92 Å². The quantitative estimate of drug-likeness (QED) is 0.871. The second kappa shape index (κ2) is 6.81. The topological polar surface area (TPSA) is 78.5 Å². The maximum Gasteiger partial charge on any atom is 0.227 e. The van der Waals surface area contributed by atoms with Gasteiger partial charge in [0.2, 0.25) is 17.7 Å². The minimum atomic E-state index is -0.166. The lowest BCUT2D eigenvalue weighted by molar-refractivity contribution is -0.131. The van der Waals surface area contributed by atoms with Crippen molar-refractivity contribution in [1.82, 2.24) is 10.2 Å². The van der Waals surface area contributed by atoms with Gasteiger partial charge in [-0.15, -0.1) is 0 Å². The number of hydrogen-bond donors (Lipinski definition) is 2. The van der Waals surface area contributed by atoms with Crippen molar-refractivity contribution in [3.05, 3.63) is 29.8 Å². The molecular formula is C17H21N3O3. The molecule has 1 aromatic rings. The molecule has 0 bridgehead atoms. The first-order valence-corrected chi connectivity index (χ1v) is 8.07. The predicted octanol–water partition coefficient (Wildman–Crippen LogP) is 0.926. The summed E-state index contributed by atoms with van der Waals surface area (Å²) in [4.78, 5) is 37.5. The first-order chi connectivity index (χ1) is 11.1. The van der Waals surface area contributed by atoms with Gasteiger partial charge in [-0.05, 0) is 24.5 Å². The van der Waals surface area contributed by atoms with Crippen LogP contribution in [0, 0.1) is 5.92 Å². The molecule has 2 aliphatic rings. The van der Waals surface area contributed by atoms with Gasteiger partial charge in [0, 0.05) is 44.1 Å². The zero-order chi connectivity index (χ0) is 16.2. The Kier molecular flexibility index (Phi) is 4.60. The summed E-state index contributed by atoms with van der Waals surface area (Å²) < 4.78 is 0. The highest BCUT2D eigenvalue weighted by molar-refractivity contribution is 5.96. The van der Waals surface area contributed by atoms with E-state index < -0.39 is 0 Å². The fraction of sp³-hybridized carbons (Fsp3) is 0.471. The van der Waals surface area contributed by atoms with Crippen LogP contribution in [-0.4, -0.2) is 42.3 Å². The molecule has 0 saturated carbocycles. The number of nitrogens with zero attached hydrogens (tertiary/aromatic N) is 1. The number of para-hydroxylation sites is 1. The third-order valence-corrected chi connectivity index (χ3v) is 4.48. The van der Waals surface area contributed by atoms with Gasteiger partial charge < -0.3 is 15.5 Å². The van der Waals surface area contributed by atoms with Gasteiger partial charge in [-0.3, -0.25) is 14.4 Å². The average Bonchev–Trinajstić information content (AvgIpc) is 2.77. The maximum absolute atomic E-state index is 12.3. The minimum Gasteiger partial charge on any atom is -0.354 e. The minimum absolute atomic E-state index is 0.00999. The van der Waals surface area contributed by atoms with Crippen LogP contribution in [0.15, 0.2) is 24.3 Å². The number of benzene rings is 1. The molecule has 23 heavy (non-hydrogen) atoms. The third-order valence-electron chi connectivity index (χ3n) is 4.48. The molecule has 0 spiro atoms. The van der Waals surface area contributed by atoms with Gasteiger partial charge in [-0.1, -0.05) is 18.2 Å². The van der Waals surface area contributed by atoms with E-state index >= 15 is 0 Å². The van der Waals surface area contributed by atoms with Crippen LogP contribution in [0.3, 0.4) is 0 Å². The number of amides is 3. The van der Waals surface area contributed by atoms with Gasteiger partial charge in [-0.2, -0.15) is 0 Å². The standard InChI is InChI=1S/C17H21N3O3/c21-15-7-9-20(10-8-18-15)16(22)6-5-13-11-12-3-1-2-4-14(12)19-17(13)23/h1-4,13H,5-11H2,(H,18,21)(H,19,23). The predicted molar refractivity (Wildman–Crippen MR) is 85.7 cm³/mol. The van der Waals surface area contributed by atoms with Gasteiger partial charge in [0.25, 0.3) is 0 Å². The van der Waals surface area contributed by atoms with Gasteiger partial charge in [0.1, 0.15) is 0 Å². The molecule has 3 rings (SSSR count). The fourth-order valence-electron chi connectivity index (χ4n) is 3.12. The fourth-order valence-corrected chi connectivity index (χ4v) is 3.12. The lowest BCUT2D eigenvalue weighted by atomic mass is 9.89. The SMILES string of the molecule is O=C1CCN(C(=O)CCC2Cc3ccccc3NC2=O)CCN1. The highest BCUT2D eigenvalue weighted by Gasteiger charge is 2.27. The Morgan fingerprint density at radius 3 is 2.91 bits per heavy atom. The van der Waals surface area contributed by atoms with Gasteiger partial charge in [0.05, 0.1) is 0 Å². The lowest BCUT2D eigenvalue weighted by Crippen LogP contribution is -2.36. The third kappa shape index (κ3) is 3.70. The van der Waals surface area contributed by atoms with Crippen LogP contribution in [-0.2, 0) is 20.8 Å². The van der Waals surface area contributed by atoms with Crippen LogP contribution >= 0.6 is 0 Å². The van der Waals surface area contributed by atoms with Crippen molar-refractivity contribution >= 4 is 23.4 Å². The molecule has 2 aliphatic heterocycles. The first kappa shape index (κ1) is 15.5. The lowest BCUT2D eigenvalue weighted by Gasteiger charge is -2.25. The van der Waals surface area contributed by atoms with Gasteiger partial charge in [0.15, 0.2) is 0 Å². The van der Waals surface area contributed by atoms with E-state index in [1.807, 2.05) is 24.3 Å². The molecule has 6 heteroatoms. The Labute approximate surface area is 135 Å². The first-order valence-electron chi connectivity index (χ1n) is 8.07. The molecule has 0 aromatic heterocycles. The molecule has 2 N–H and O–H groups in total. The second-order valence-corrected chi connectivity index (χ2v) is 6.07. The van der Waals surface area contributed by atoms with Crippen LogP contribution < -0.4 is 10.6 Å². The molecule has 0 radical (unpaired) electrons. The molecule has 122 valence electrons. The number of hydrogen-bond acceptors (Lipinski definition) is 3. The summed E-state index contributed by atoms with van der Waals surface area (Å²) in [5.41, 5.74) is 1.99. The highest BCUT2D eigenvalue weighted by Crippen LogP contribution is 2.27. The maximum atomic E-state index is 12.3. The van der Waals surface area contributed by atoms with Gasteiger partial charge in [-0.25, -0.2) is 0 Å². The van der Waals surface area contributed by atoms with E-state index in [2.05, 4.69) is 10.6 Å². The molecule has 1 unspecified atom stereocenters. The average molecular weight is 315 g/mol. The van der Waals surface area contributed by atoms with E-state index in [0.717, 1.165) is 11.3 Å². The molecule has 1 saturated heterocycles. The summed E-state index contributed by atoms with van der Waals surface area (Å²) in [6.07, 6.45) is 1.91. The smallest absolute Gasteiger partial charge is 0.227 e. The van der Waals surface area contributed by atoms with Crippen molar-refractivity contribution in [2.45, 2.75) is 25.7 Å². The molecular weight excluding hydrogens is 294 g/mol. The number of nitrogens with one attached hydrogen (secondary N) is 2. The Morgan fingerprint density at radius 1 is 1.22 bits per heavy atom. The van der Waals surface area contributed by atoms with Crippen LogP contribution in [0.1, 0.15) is 24.8 Å². The van der Waals surface area contributed by atoms with Crippen LogP contribution in [0.25, 0.3) is 0 Å². The van der Waals surface area contributed by atoms with Crippen molar-refractivity contribution in [3.8, 4) is 0 Å². The number of fused-ring (bicyclic) bond motifs is 1. The summed E-state index contributed by atoms with van der Waals surface area (Å²) >= 11 is 0. The Morgan fingerprint density at radius 2 is 2.04 bits per heavy atom. The summed E-state index contributed by atoms with van der Waals surface area (Å²) in [5, 5.41) is 5.67. The Bertz CT molecular complexity index is 629. The van der Waals surface area contributed by atoms with Gasteiger partial charge >= 0.3 is 0 Å². The van der Waals surface area contributed by atoms with E-state index in [1.165, 1.54) is 0 Å². The van der Waals surface area contributed by atoms with Crippen molar-refractivity contribution in [3.63, 3.8) is 0 Å². The molecule has 1 atom stereocenters. The Hall–Kier alpha value is -2.37. The summed E-state index contributed by atoms with van der Waals surface area (Å²) in [6.45, 7) is 1.51. The highest BCUT2D eigenvalue weighted by atomic mass is 16.2. The molecule has 1 aromatic carbocycles. The summed E-state index contributed by atoms with van der Waals surface area (Å²) in [7, 11) is 0. The number of anilines is 1.